The van der Waals surface area contributed by atoms with Gasteiger partial charge in [-0.15, -0.1) is 0 Å². The largest absolute Gasteiger partial charge is 0.508 e. The summed E-state index contributed by atoms with van der Waals surface area (Å²) in [7, 11) is 1.54. The van der Waals surface area contributed by atoms with Crippen LogP contribution in [0.25, 0.3) is 0 Å². The number of anilines is 1. The van der Waals surface area contributed by atoms with Crippen LogP contribution in [0.5, 0.6) is 11.5 Å². The summed E-state index contributed by atoms with van der Waals surface area (Å²) in [6.45, 7) is 0.449. The van der Waals surface area contributed by atoms with E-state index >= 15 is 0 Å². The lowest BCUT2D eigenvalue weighted by molar-refractivity contribution is 0.413. The quantitative estimate of drug-likeness (QED) is 0.594. The van der Waals surface area contributed by atoms with Gasteiger partial charge in [-0.2, -0.15) is 0 Å². The van der Waals surface area contributed by atoms with E-state index in [9.17, 15) is 5.11 Å². The molecule has 0 unspecified atom stereocenters. The Kier molecular flexibility index (Phi) is 2.97. The summed E-state index contributed by atoms with van der Waals surface area (Å²) in [5.74, 6) is 0.741. The summed E-state index contributed by atoms with van der Waals surface area (Å²) in [5.41, 5.74) is 12.2. The zero-order valence-corrected chi connectivity index (χ0v) is 7.58. The van der Waals surface area contributed by atoms with Crippen LogP contribution in [0.15, 0.2) is 12.1 Å². The van der Waals surface area contributed by atoms with Gasteiger partial charge in [-0.25, -0.2) is 0 Å². The number of hydrogen-bond donors (Lipinski definition) is 3. The zero-order valence-electron chi connectivity index (χ0n) is 7.58. The van der Waals surface area contributed by atoms with Gasteiger partial charge < -0.3 is 21.3 Å². The Bertz CT molecular complexity index is 300. The van der Waals surface area contributed by atoms with Crippen LogP contribution >= 0.6 is 0 Å². The molecule has 0 bridgehead atoms. The van der Waals surface area contributed by atoms with Gasteiger partial charge in [-0.05, 0) is 25.1 Å². The second-order valence-electron chi connectivity index (χ2n) is 2.72. The summed E-state index contributed by atoms with van der Waals surface area (Å²) in [6, 6.07) is 3.19. The van der Waals surface area contributed by atoms with Crippen LogP contribution < -0.4 is 16.2 Å². The fraction of sp³-hybridized carbons (Fsp3) is 0.333. The van der Waals surface area contributed by atoms with E-state index in [1.807, 2.05) is 0 Å². The van der Waals surface area contributed by atoms with Crippen molar-refractivity contribution in [2.24, 2.45) is 5.73 Å². The molecule has 0 saturated heterocycles. The average Bonchev–Trinajstić information content (AvgIpc) is 2.12. The van der Waals surface area contributed by atoms with Crippen molar-refractivity contribution in [2.45, 2.75) is 6.42 Å². The van der Waals surface area contributed by atoms with Gasteiger partial charge in [0.05, 0.1) is 12.8 Å². The molecule has 0 amide bonds. The number of nitrogens with two attached hydrogens (primary N) is 2. The van der Waals surface area contributed by atoms with Crippen molar-refractivity contribution in [1.82, 2.24) is 0 Å². The molecule has 4 heteroatoms. The molecule has 13 heavy (non-hydrogen) atoms. The average molecular weight is 182 g/mol. The van der Waals surface area contributed by atoms with Crippen molar-refractivity contribution in [3.05, 3.63) is 17.7 Å². The molecule has 1 rings (SSSR count). The first-order valence-corrected chi connectivity index (χ1v) is 4.05. The van der Waals surface area contributed by atoms with Crippen molar-refractivity contribution < 1.29 is 9.84 Å². The lowest BCUT2D eigenvalue weighted by Crippen LogP contribution is -2.06. The fourth-order valence-electron chi connectivity index (χ4n) is 1.22. The molecule has 4 nitrogen and oxygen atoms in total. The molecule has 0 aromatic heterocycles. The first kappa shape index (κ1) is 9.67. The molecule has 1 aromatic carbocycles. The maximum Gasteiger partial charge on any atom is 0.142 e. The molecule has 0 heterocycles. The van der Waals surface area contributed by atoms with E-state index in [2.05, 4.69) is 0 Å². The van der Waals surface area contributed by atoms with Crippen LogP contribution in [0.3, 0.4) is 0 Å². The Balaban J connectivity index is 3.13. The molecule has 0 fully saturated rings. The SMILES string of the molecule is COc1ccc(O)c(CCN)c1N. The molecule has 0 atom stereocenters. The van der Waals surface area contributed by atoms with Crippen molar-refractivity contribution in [3.63, 3.8) is 0 Å². The molecule has 72 valence electrons. The second-order valence-corrected chi connectivity index (χ2v) is 2.72. The zero-order chi connectivity index (χ0) is 9.84. The highest BCUT2D eigenvalue weighted by atomic mass is 16.5. The maximum absolute atomic E-state index is 9.45. The summed E-state index contributed by atoms with van der Waals surface area (Å²) < 4.78 is 5.01. The molecular formula is C9H14N2O2. The third kappa shape index (κ3) is 1.84. The van der Waals surface area contributed by atoms with Gasteiger partial charge in [0.25, 0.3) is 0 Å². The highest BCUT2D eigenvalue weighted by molar-refractivity contribution is 5.63. The summed E-state index contributed by atoms with van der Waals surface area (Å²) in [5, 5.41) is 9.45. The third-order valence-electron chi connectivity index (χ3n) is 1.91. The Morgan fingerprint density at radius 3 is 2.69 bits per heavy atom. The standard InChI is InChI=1S/C9H14N2O2/c1-13-8-3-2-7(12)6(4-5-10)9(8)11/h2-3,12H,4-5,10-11H2,1H3. The Morgan fingerprint density at radius 2 is 2.15 bits per heavy atom. The number of ether oxygens (including phenoxy) is 1. The highest BCUT2D eigenvalue weighted by Gasteiger charge is 2.09. The number of methoxy groups -OCH3 is 1. The van der Waals surface area contributed by atoms with Crippen molar-refractivity contribution in [1.29, 1.82) is 0 Å². The minimum absolute atomic E-state index is 0.170. The smallest absolute Gasteiger partial charge is 0.142 e. The Labute approximate surface area is 77.1 Å². The Hall–Kier alpha value is -1.42. The minimum Gasteiger partial charge on any atom is -0.508 e. The monoisotopic (exact) mass is 182 g/mol. The highest BCUT2D eigenvalue weighted by Crippen LogP contribution is 2.31. The molecule has 0 spiro atoms. The molecular weight excluding hydrogens is 168 g/mol. The first-order valence-electron chi connectivity index (χ1n) is 4.05. The summed E-state index contributed by atoms with van der Waals surface area (Å²) in [4.78, 5) is 0. The topological polar surface area (TPSA) is 81.5 Å². The number of rotatable bonds is 3. The molecule has 0 aliphatic rings. The number of aromatic hydroxyl groups is 1. The summed E-state index contributed by atoms with van der Waals surface area (Å²) >= 11 is 0. The number of hydrogen-bond acceptors (Lipinski definition) is 4. The van der Waals surface area contributed by atoms with Crippen molar-refractivity contribution in [3.8, 4) is 11.5 Å². The van der Waals surface area contributed by atoms with E-state index in [0.29, 0.717) is 30.0 Å². The van der Waals surface area contributed by atoms with Crippen LogP contribution in [0.1, 0.15) is 5.56 Å². The lowest BCUT2D eigenvalue weighted by Gasteiger charge is -2.10. The lowest BCUT2D eigenvalue weighted by atomic mass is 10.1. The molecule has 0 saturated carbocycles. The second kappa shape index (κ2) is 4.00. The van der Waals surface area contributed by atoms with Gasteiger partial charge in [-0.1, -0.05) is 0 Å². The normalized spacial score (nSPS) is 10.0. The van der Waals surface area contributed by atoms with Crippen LogP contribution in [0.4, 0.5) is 5.69 Å². The third-order valence-corrected chi connectivity index (χ3v) is 1.91. The van der Waals surface area contributed by atoms with Gasteiger partial charge in [0, 0.05) is 5.56 Å². The van der Waals surface area contributed by atoms with Gasteiger partial charge in [0.1, 0.15) is 11.5 Å². The Morgan fingerprint density at radius 1 is 1.46 bits per heavy atom. The van der Waals surface area contributed by atoms with Crippen LogP contribution in [-0.4, -0.2) is 18.8 Å². The van der Waals surface area contributed by atoms with Crippen LogP contribution in [0.2, 0.25) is 0 Å². The molecule has 0 aliphatic heterocycles. The molecule has 5 N–H and O–H groups in total. The van der Waals surface area contributed by atoms with E-state index in [1.165, 1.54) is 7.11 Å². The van der Waals surface area contributed by atoms with E-state index in [4.69, 9.17) is 16.2 Å². The predicted octanol–water partition coefficient (Wildman–Crippen LogP) is 0.484. The van der Waals surface area contributed by atoms with Crippen molar-refractivity contribution >= 4 is 5.69 Å². The minimum atomic E-state index is 0.170. The maximum atomic E-state index is 9.45. The van der Waals surface area contributed by atoms with E-state index in [1.54, 1.807) is 12.1 Å². The van der Waals surface area contributed by atoms with E-state index < -0.39 is 0 Å². The van der Waals surface area contributed by atoms with Gasteiger partial charge in [0.2, 0.25) is 0 Å². The number of phenolic OH excluding ortho intramolecular Hbond substituents is 1. The van der Waals surface area contributed by atoms with E-state index in [-0.39, 0.29) is 5.75 Å². The van der Waals surface area contributed by atoms with Crippen molar-refractivity contribution in [2.75, 3.05) is 19.4 Å². The fourth-order valence-corrected chi connectivity index (χ4v) is 1.22. The molecule has 0 radical (unpaired) electrons. The predicted molar refractivity (Wildman–Crippen MR) is 51.8 cm³/mol. The van der Waals surface area contributed by atoms with Gasteiger partial charge >= 0.3 is 0 Å². The number of nitrogen functional groups attached to an aromatic ring is 1. The number of benzene rings is 1. The van der Waals surface area contributed by atoms with Gasteiger partial charge in [-0.3, -0.25) is 0 Å². The van der Waals surface area contributed by atoms with Crippen LogP contribution in [-0.2, 0) is 6.42 Å². The van der Waals surface area contributed by atoms with Crippen LogP contribution in [0, 0.1) is 0 Å². The first-order chi connectivity index (χ1) is 6.20. The van der Waals surface area contributed by atoms with Gasteiger partial charge in [0.15, 0.2) is 0 Å². The van der Waals surface area contributed by atoms with E-state index in [0.717, 1.165) is 0 Å². The summed E-state index contributed by atoms with van der Waals surface area (Å²) in [6.07, 6.45) is 0.550. The molecule has 1 aromatic rings. The molecule has 0 aliphatic carbocycles. The number of phenols is 1.